The van der Waals surface area contributed by atoms with Gasteiger partial charge in [-0.05, 0) is 70.1 Å². The second-order valence-corrected chi connectivity index (χ2v) is 10.5. The molecule has 2 aliphatic carbocycles. The standard InChI is InChI=1S/C16H31NO2S/c1-5-7-20(18,19)8-6-16(12-17-15(2,3)4)10-13-9-14(13)11-16/h13-14,17H,5-12H2,1-4H3. The van der Waals surface area contributed by atoms with Crippen molar-refractivity contribution in [2.45, 2.75) is 65.3 Å². The van der Waals surface area contributed by atoms with E-state index in [0.717, 1.165) is 31.2 Å². The SMILES string of the molecule is CCCS(=O)(=O)CCC1(CNC(C)(C)C)CC2CC2C1. The van der Waals surface area contributed by atoms with Crippen LogP contribution >= 0.6 is 0 Å². The highest BCUT2D eigenvalue weighted by atomic mass is 32.2. The predicted octanol–water partition coefficient (Wildman–Crippen LogP) is 3.01. The van der Waals surface area contributed by atoms with Crippen LogP contribution < -0.4 is 5.32 Å². The minimum Gasteiger partial charge on any atom is -0.312 e. The smallest absolute Gasteiger partial charge is 0.150 e. The molecule has 2 fully saturated rings. The van der Waals surface area contributed by atoms with Gasteiger partial charge in [-0.1, -0.05) is 6.92 Å². The number of nitrogens with one attached hydrogen (secondary N) is 1. The molecule has 3 nitrogen and oxygen atoms in total. The Bertz CT molecular complexity index is 426. The molecule has 118 valence electrons. The van der Waals surface area contributed by atoms with Gasteiger partial charge in [-0.25, -0.2) is 8.42 Å². The Hall–Kier alpha value is -0.0900. The molecule has 20 heavy (non-hydrogen) atoms. The zero-order chi connectivity index (χ0) is 15.0. The summed E-state index contributed by atoms with van der Waals surface area (Å²) in [4.78, 5) is 0. The quantitative estimate of drug-likeness (QED) is 0.786. The summed E-state index contributed by atoms with van der Waals surface area (Å²) in [5.74, 6) is 2.52. The molecule has 0 aromatic heterocycles. The molecule has 1 N–H and O–H groups in total. The van der Waals surface area contributed by atoms with Crippen molar-refractivity contribution in [1.82, 2.24) is 5.32 Å². The lowest BCUT2D eigenvalue weighted by Gasteiger charge is -2.35. The third-order valence-electron chi connectivity index (χ3n) is 4.91. The van der Waals surface area contributed by atoms with Gasteiger partial charge in [-0.15, -0.1) is 0 Å². The van der Waals surface area contributed by atoms with Crippen LogP contribution in [-0.2, 0) is 9.84 Å². The summed E-state index contributed by atoms with van der Waals surface area (Å²) in [6.45, 7) is 9.48. The van der Waals surface area contributed by atoms with E-state index in [4.69, 9.17) is 0 Å². The molecule has 0 aliphatic heterocycles. The fourth-order valence-corrected chi connectivity index (χ4v) is 5.25. The van der Waals surface area contributed by atoms with E-state index >= 15 is 0 Å². The molecule has 2 saturated carbocycles. The molecule has 0 spiro atoms. The van der Waals surface area contributed by atoms with Crippen molar-refractivity contribution < 1.29 is 8.42 Å². The first-order chi connectivity index (χ1) is 9.15. The van der Waals surface area contributed by atoms with Crippen LogP contribution in [0.1, 0.15) is 59.8 Å². The average molecular weight is 301 g/mol. The molecule has 0 amide bonds. The molecule has 2 rings (SSSR count). The van der Waals surface area contributed by atoms with E-state index in [1.165, 1.54) is 19.3 Å². The summed E-state index contributed by atoms with van der Waals surface area (Å²) >= 11 is 0. The van der Waals surface area contributed by atoms with Crippen LogP contribution in [0.4, 0.5) is 0 Å². The zero-order valence-electron chi connectivity index (χ0n) is 13.5. The molecule has 0 heterocycles. The van der Waals surface area contributed by atoms with E-state index in [9.17, 15) is 8.42 Å². The van der Waals surface area contributed by atoms with Crippen LogP contribution in [0, 0.1) is 17.3 Å². The molecule has 4 heteroatoms. The Morgan fingerprint density at radius 2 is 1.75 bits per heavy atom. The number of sulfone groups is 1. The van der Waals surface area contributed by atoms with Crippen molar-refractivity contribution in [2.24, 2.45) is 17.3 Å². The first kappa shape index (κ1) is 16.3. The lowest BCUT2D eigenvalue weighted by molar-refractivity contribution is 0.216. The normalized spacial score (nSPS) is 33.2. The third-order valence-corrected chi connectivity index (χ3v) is 6.77. The van der Waals surface area contributed by atoms with Gasteiger partial charge in [0.2, 0.25) is 0 Å². The van der Waals surface area contributed by atoms with Gasteiger partial charge in [0.25, 0.3) is 0 Å². The summed E-state index contributed by atoms with van der Waals surface area (Å²) in [6.07, 6.45) is 5.45. The summed E-state index contributed by atoms with van der Waals surface area (Å²) in [6, 6.07) is 0. The van der Waals surface area contributed by atoms with Crippen molar-refractivity contribution in [3.8, 4) is 0 Å². The topological polar surface area (TPSA) is 46.2 Å². The largest absolute Gasteiger partial charge is 0.312 e. The first-order valence-corrected chi connectivity index (χ1v) is 9.92. The van der Waals surface area contributed by atoms with Crippen LogP contribution in [0.3, 0.4) is 0 Å². The lowest BCUT2D eigenvalue weighted by Crippen LogP contribution is -2.44. The lowest BCUT2D eigenvalue weighted by atomic mass is 9.79. The predicted molar refractivity (Wildman–Crippen MR) is 84.6 cm³/mol. The first-order valence-electron chi connectivity index (χ1n) is 8.10. The summed E-state index contributed by atoms with van der Waals surface area (Å²) in [5.41, 5.74) is 0.351. The average Bonchev–Trinajstić information content (AvgIpc) is 2.92. The number of rotatable bonds is 7. The molecule has 0 aromatic carbocycles. The Balaban J connectivity index is 1.94. The summed E-state index contributed by atoms with van der Waals surface area (Å²) < 4.78 is 24.0. The monoisotopic (exact) mass is 301 g/mol. The summed E-state index contributed by atoms with van der Waals surface area (Å²) in [7, 11) is -2.84. The van der Waals surface area contributed by atoms with Crippen LogP contribution in [0.25, 0.3) is 0 Å². The van der Waals surface area contributed by atoms with Crippen LogP contribution in [-0.4, -0.2) is 32.0 Å². The van der Waals surface area contributed by atoms with Crippen molar-refractivity contribution in [1.29, 1.82) is 0 Å². The van der Waals surface area contributed by atoms with Gasteiger partial charge < -0.3 is 5.32 Å². The van der Waals surface area contributed by atoms with Gasteiger partial charge in [-0.2, -0.15) is 0 Å². The maximum atomic E-state index is 12.0. The minimum absolute atomic E-state index is 0.113. The fourth-order valence-electron chi connectivity index (χ4n) is 3.68. The van der Waals surface area contributed by atoms with Gasteiger partial charge in [0, 0.05) is 17.8 Å². The summed E-state index contributed by atoms with van der Waals surface area (Å²) in [5, 5.41) is 3.62. The second kappa shape index (κ2) is 5.60. The van der Waals surface area contributed by atoms with E-state index in [0.29, 0.717) is 11.5 Å². The highest BCUT2D eigenvalue weighted by Gasteiger charge is 2.53. The van der Waals surface area contributed by atoms with E-state index in [-0.39, 0.29) is 11.0 Å². The molecule has 2 unspecified atom stereocenters. The maximum Gasteiger partial charge on any atom is 0.150 e. The minimum atomic E-state index is -2.84. The van der Waals surface area contributed by atoms with Crippen LogP contribution in [0.2, 0.25) is 0 Å². The van der Waals surface area contributed by atoms with Gasteiger partial charge in [0.15, 0.2) is 0 Å². The molecular formula is C16H31NO2S. The van der Waals surface area contributed by atoms with E-state index in [1.54, 1.807) is 0 Å². The van der Waals surface area contributed by atoms with Crippen molar-refractivity contribution in [3.05, 3.63) is 0 Å². The molecule has 2 atom stereocenters. The molecule has 0 bridgehead atoms. The number of hydrogen-bond acceptors (Lipinski definition) is 3. The fraction of sp³-hybridized carbons (Fsp3) is 1.00. The molecule has 0 saturated heterocycles. The third kappa shape index (κ3) is 4.45. The van der Waals surface area contributed by atoms with Crippen molar-refractivity contribution >= 4 is 9.84 Å². The molecular weight excluding hydrogens is 270 g/mol. The second-order valence-electron chi connectivity index (χ2n) is 8.17. The van der Waals surface area contributed by atoms with Gasteiger partial charge in [0.05, 0.1) is 5.75 Å². The van der Waals surface area contributed by atoms with Crippen molar-refractivity contribution in [3.63, 3.8) is 0 Å². The Morgan fingerprint density at radius 3 is 2.25 bits per heavy atom. The van der Waals surface area contributed by atoms with Crippen LogP contribution in [0.15, 0.2) is 0 Å². The van der Waals surface area contributed by atoms with E-state index in [1.807, 2.05) is 6.92 Å². The number of hydrogen-bond donors (Lipinski definition) is 1. The number of fused-ring (bicyclic) bond motifs is 1. The Kier molecular flexibility index (Phi) is 4.56. The van der Waals surface area contributed by atoms with E-state index < -0.39 is 9.84 Å². The Labute approximate surface area is 124 Å². The van der Waals surface area contributed by atoms with Gasteiger partial charge in [-0.3, -0.25) is 0 Å². The highest BCUT2D eigenvalue weighted by Crippen LogP contribution is 2.61. The zero-order valence-corrected chi connectivity index (χ0v) is 14.4. The van der Waals surface area contributed by atoms with Crippen LogP contribution in [0.5, 0.6) is 0 Å². The maximum absolute atomic E-state index is 12.0. The van der Waals surface area contributed by atoms with E-state index in [2.05, 4.69) is 26.1 Å². The molecule has 0 aromatic rings. The van der Waals surface area contributed by atoms with Crippen molar-refractivity contribution in [2.75, 3.05) is 18.1 Å². The highest BCUT2D eigenvalue weighted by molar-refractivity contribution is 7.91. The Morgan fingerprint density at radius 1 is 1.15 bits per heavy atom. The molecule has 2 aliphatic rings. The molecule has 0 radical (unpaired) electrons. The van der Waals surface area contributed by atoms with Gasteiger partial charge >= 0.3 is 0 Å². The van der Waals surface area contributed by atoms with Gasteiger partial charge in [0.1, 0.15) is 9.84 Å².